The van der Waals surface area contributed by atoms with E-state index in [1.165, 1.54) is 0 Å². The summed E-state index contributed by atoms with van der Waals surface area (Å²) >= 11 is 0. The highest BCUT2D eigenvalue weighted by Gasteiger charge is 2.22. The van der Waals surface area contributed by atoms with E-state index in [2.05, 4.69) is 34.3 Å². The van der Waals surface area contributed by atoms with Crippen molar-refractivity contribution in [3.8, 4) is 22.9 Å². The van der Waals surface area contributed by atoms with Crippen LogP contribution in [-0.2, 0) is 9.73 Å². The van der Waals surface area contributed by atoms with Crippen LogP contribution in [0.3, 0.4) is 0 Å². The van der Waals surface area contributed by atoms with Crippen LogP contribution in [0.5, 0.6) is 5.75 Å². The summed E-state index contributed by atoms with van der Waals surface area (Å²) < 4.78 is 25.0. The molecule has 0 spiro atoms. The van der Waals surface area contributed by atoms with Gasteiger partial charge in [-0.05, 0) is 38.0 Å². The van der Waals surface area contributed by atoms with Crippen LogP contribution >= 0.6 is 0 Å². The molecule has 9 nitrogen and oxygen atoms in total. The second-order valence-corrected chi connectivity index (χ2v) is 12.7. The summed E-state index contributed by atoms with van der Waals surface area (Å²) in [6.45, 7) is 10.3. The lowest BCUT2D eigenvalue weighted by Crippen LogP contribution is -2.40. The summed E-state index contributed by atoms with van der Waals surface area (Å²) in [5.41, 5.74) is 8.42. The number of pyridine rings is 2. The number of nitriles is 1. The standard InChI is InChI=1S/C25H33N7O2S/c1-18(2)13-30-35(33)9-7-31(8-10-35)23-6-5-19(14-28-23)22-11-21(34-17-25(3,4)27)16-32-24(22)20(12-26)15-29-32/h5-6,11,14-16,18H,7-10,13,17,27H2,1-4H3. The maximum atomic E-state index is 13.0. The Kier molecular flexibility index (Phi) is 7.01. The molecule has 0 saturated carbocycles. The van der Waals surface area contributed by atoms with Gasteiger partial charge in [0.2, 0.25) is 0 Å². The summed E-state index contributed by atoms with van der Waals surface area (Å²) in [6.07, 6.45) is 5.10. The quantitative estimate of drug-likeness (QED) is 0.533. The summed E-state index contributed by atoms with van der Waals surface area (Å²) in [4.78, 5) is 6.84. The van der Waals surface area contributed by atoms with Gasteiger partial charge < -0.3 is 15.4 Å². The zero-order valence-electron chi connectivity index (χ0n) is 20.8. The number of ether oxygens (including phenoxy) is 1. The molecule has 186 valence electrons. The van der Waals surface area contributed by atoms with Crippen LogP contribution in [0.2, 0.25) is 0 Å². The van der Waals surface area contributed by atoms with E-state index in [1.54, 1.807) is 23.1 Å². The van der Waals surface area contributed by atoms with Crippen molar-refractivity contribution in [3.63, 3.8) is 0 Å². The van der Waals surface area contributed by atoms with Crippen molar-refractivity contribution in [1.29, 1.82) is 5.26 Å². The molecule has 0 atom stereocenters. The van der Waals surface area contributed by atoms with Crippen LogP contribution in [0, 0.1) is 17.2 Å². The van der Waals surface area contributed by atoms with Gasteiger partial charge >= 0.3 is 0 Å². The third-order valence-electron chi connectivity index (χ3n) is 5.74. The third kappa shape index (κ3) is 5.92. The molecular weight excluding hydrogens is 462 g/mol. The monoisotopic (exact) mass is 495 g/mol. The average Bonchev–Trinajstić information content (AvgIpc) is 3.24. The van der Waals surface area contributed by atoms with Crippen LogP contribution in [0.4, 0.5) is 5.82 Å². The van der Waals surface area contributed by atoms with E-state index in [0.717, 1.165) is 16.9 Å². The van der Waals surface area contributed by atoms with Gasteiger partial charge in [0, 0.05) is 47.5 Å². The number of anilines is 1. The maximum Gasteiger partial charge on any atom is 0.138 e. The zero-order chi connectivity index (χ0) is 25.2. The van der Waals surface area contributed by atoms with E-state index >= 15 is 0 Å². The van der Waals surface area contributed by atoms with Crippen LogP contribution < -0.4 is 15.4 Å². The Morgan fingerprint density at radius 3 is 2.63 bits per heavy atom. The fourth-order valence-corrected chi connectivity index (χ4v) is 5.89. The molecule has 1 aliphatic heterocycles. The van der Waals surface area contributed by atoms with Gasteiger partial charge in [0.25, 0.3) is 0 Å². The Bertz CT molecular complexity index is 1340. The summed E-state index contributed by atoms with van der Waals surface area (Å²) in [7, 11) is -2.13. The Labute approximate surface area is 207 Å². The second kappa shape index (κ2) is 9.84. The van der Waals surface area contributed by atoms with Gasteiger partial charge in [0.05, 0.1) is 39.7 Å². The lowest BCUT2D eigenvalue weighted by molar-refractivity contribution is 0.242. The Hall–Kier alpha value is -3.16. The van der Waals surface area contributed by atoms with E-state index < -0.39 is 15.3 Å². The number of nitrogens with two attached hydrogens (primary N) is 1. The predicted molar refractivity (Wildman–Crippen MR) is 139 cm³/mol. The Morgan fingerprint density at radius 1 is 1.29 bits per heavy atom. The van der Waals surface area contributed by atoms with Crippen molar-refractivity contribution in [2.75, 3.05) is 42.6 Å². The first-order valence-corrected chi connectivity index (χ1v) is 13.6. The van der Waals surface area contributed by atoms with Gasteiger partial charge in [-0.3, -0.25) is 0 Å². The van der Waals surface area contributed by atoms with Crippen molar-refractivity contribution in [1.82, 2.24) is 14.6 Å². The largest absolute Gasteiger partial charge is 0.490 e. The minimum absolute atomic E-state index is 0.336. The molecule has 3 aromatic rings. The second-order valence-electron chi connectivity index (χ2n) is 10.1. The summed E-state index contributed by atoms with van der Waals surface area (Å²) in [6, 6.07) is 8.06. The van der Waals surface area contributed by atoms with Gasteiger partial charge in [0.1, 0.15) is 24.2 Å². The van der Waals surface area contributed by atoms with Crippen LogP contribution in [0.25, 0.3) is 16.6 Å². The van der Waals surface area contributed by atoms with E-state index in [0.29, 0.717) is 60.5 Å². The van der Waals surface area contributed by atoms with Crippen LogP contribution in [0.15, 0.2) is 41.2 Å². The molecule has 10 heteroatoms. The first-order chi connectivity index (χ1) is 16.6. The molecule has 4 heterocycles. The fourth-order valence-electron chi connectivity index (χ4n) is 3.84. The molecule has 0 radical (unpaired) electrons. The molecule has 0 aliphatic carbocycles. The molecular formula is C25H33N7O2S. The van der Waals surface area contributed by atoms with E-state index in [9.17, 15) is 9.47 Å². The van der Waals surface area contributed by atoms with Crippen LogP contribution in [-0.4, -0.2) is 62.1 Å². The maximum absolute atomic E-state index is 13.0. The van der Waals surface area contributed by atoms with Gasteiger partial charge in [-0.25, -0.2) is 18.1 Å². The first-order valence-electron chi connectivity index (χ1n) is 11.8. The molecule has 1 saturated heterocycles. The molecule has 0 aromatic carbocycles. The average molecular weight is 496 g/mol. The molecule has 1 aliphatic rings. The number of rotatable bonds is 7. The van der Waals surface area contributed by atoms with Crippen molar-refractivity contribution >= 4 is 21.1 Å². The minimum atomic E-state index is -2.13. The molecule has 1 fully saturated rings. The number of hydrogen-bond acceptors (Lipinski definition) is 8. The third-order valence-corrected chi connectivity index (χ3v) is 8.00. The molecule has 0 bridgehead atoms. The molecule has 0 amide bonds. The normalized spacial score (nSPS) is 15.9. The number of fused-ring (bicyclic) bond motifs is 1. The Morgan fingerprint density at radius 2 is 2.03 bits per heavy atom. The lowest BCUT2D eigenvalue weighted by atomic mass is 10.1. The predicted octanol–water partition coefficient (Wildman–Crippen LogP) is 3.33. The molecule has 0 unspecified atom stereocenters. The van der Waals surface area contributed by atoms with Gasteiger partial charge in [-0.2, -0.15) is 10.4 Å². The van der Waals surface area contributed by atoms with Crippen molar-refractivity contribution < 1.29 is 8.95 Å². The van der Waals surface area contributed by atoms with E-state index in [-0.39, 0.29) is 0 Å². The minimum Gasteiger partial charge on any atom is -0.490 e. The molecule has 4 rings (SSSR count). The van der Waals surface area contributed by atoms with Crippen molar-refractivity contribution in [2.24, 2.45) is 16.0 Å². The summed E-state index contributed by atoms with van der Waals surface area (Å²) in [5, 5.41) is 13.9. The molecule has 2 N–H and O–H groups in total. The smallest absolute Gasteiger partial charge is 0.138 e. The van der Waals surface area contributed by atoms with E-state index in [1.807, 2.05) is 32.0 Å². The number of aromatic nitrogens is 3. The lowest BCUT2D eigenvalue weighted by Gasteiger charge is -2.30. The highest BCUT2D eigenvalue weighted by atomic mass is 32.2. The topological polar surface area (TPSA) is 122 Å². The molecule has 35 heavy (non-hydrogen) atoms. The van der Waals surface area contributed by atoms with Crippen molar-refractivity contribution in [2.45, 2.75) is 33.2 Å². The summed E-state index contributed by atoms with van der Waals surface area (Å²) in [5.74, 6) is 2.97. The van der Waals surface area contributed by atoms with E-state index in [4.69, 9.17) is 15.5 Å². The highest BCUT2D eigenvalue weighted by molar-refractivity contribution is 7.93. The fraction of sp³-hybridized carbons (Fsp3) is 0.480. The Balaban J connectivity index is 1.59. The van der Waals surface area contributed by atoms with Gasteiger partial charge in [0.15, 0.2) is 0 Å². The van der Waals surface area contributed by atoms with Gasteiger partial charge in [-0.1, -0.05) is 13.8 Å². The zero-order valence-corrected chi connectivity index (χ0v) is 21.6. The van der Waals surface area contributed by atoms with Crippen LogP contribution in [0.1, 0.15) is 33.3 Å². The van der Waals surface area contributed by atoms with Gasteiger partial charge in [-0.15, -0.1) is 0 Å². The number of hydrogen-bond donors (Lipinski definition) is 1. The first kappa shape index (κ1) is 24.9. The highest BCUT2D eigenvalue weighted by Crippen LogP contribution is 2.31. The SMILES string of the molecule is CC(C)CN=S1(=O)CCN(c2ccc(-c3cc(OCC(C)(C)N)cn4ncc(C#N)c34)cn2)CC1. The molecule has 3 aromatic heterocycles. The van der Waals surface area contributed by atoms with Crippen molar-refractivity contribution in [3.05, 3.63) is 42.4 Å². The number of nitrogens with zero attached hydrogens (tertiary/aromatic N) is 6.